The number of nitriles is 1. The van der Waals surface area contributed by atoms with Crippen LogP contribution in [-0.4, -0.2) is 70.9 Å². The monoisotopic (exact) mass is 342 g/mol. The smallest absolute Gasteiger partial charge is 0.207 e. The molecule has 0 amide bonds. The molecule has 0 spiro atoms. The fourth-order valence-electron chi connectivity index (χ4n) is 2.87. The molecule has 0 radical (unpaired) electrons. The van der Waals surface area contributed by atoms with E-state index in [1.54, 1.807) is 0 Å². The molecule has 1 fully saturated rings. The van der Waals surface area contributed by atoms with Gasteiger partial charge in [0.05, 0.1) is 18.9 Å². The average molecular weight is 342 g/mol. The lowest BCUT2D eigenvalue weighted by Crippen LogP contribution is -2.47. The molecule has 1 N–H and O–H groups in total. The Morgan fingerprint density at radius 1 is 1.16 bits per heavy atom. The number of rotatable bonds is 6. The first-order valence-electron chi connectivity index (χ1n) is 8.44. The standard InChI is InChI=1S/C17H22N6O2/c1-2-25-15-5-3-14(4-6-15)23-19-16(13-18)17(20-23)22-9-7-21(8-10-22)11-12-24/h3-6,24H,2,7-12H2,1H3. The summed E-state index contributed by atoms with van der Waals surface area (Å²) in [6, 6.07) is 9.60. The normalized spacial score (nSPS) is 15.2. The molecule has 25 heavy (non-hydrogen) atoms. The summed E-state index contributed by atoms with van der Waals surface area (Å²) in [6.07, 6.45) is 0. The Morgan fingerprint density at radius 2 is 1.88 bits per heavy atom. The van der Waals surface area contributed by atoms with Gasteiger partial charge in [-0.25, -0.2) is 0 Å². The third-order valence-corrected chi connectivity index (χ3v) is 4.17. The second-order valence-corrected chi connectivity index (χ2v) is 5.75. The van der Waals surface area contributed by atoms with Gasteiger partial charge >= 0.3 is 0 Å². The molecule has 1 aromatic heterocycles. The molecule has 3 rings (SSSR count). The number of aromatic nitrogens is 3. The molecule has 1 saturated heterocycles. The van der Waals surface area contributed by atoms with Crippen LogP contribution in [0.4, 0.5) is 5.82 Å². The average Bonchev–Trinajstić information content (AvgIpc) is 3.08. The fraction of sp³-hybridized carbons (Fsp3) is 0.471. The Bertz CT molecular complexity index is 729. The van der Waals surface area contributed by atoms with Crippen molar-refractivity contribution in [3.8, 4) is 17.5 Å². The zero-order chi connectivity index (χ0) is 17.6. The van der Waals surface area contributed by atoms with Gasteiger partial charge in [0.25, 0.3) is 0 Å². The van der Waals surface area contributed by atoms with Gasteiger partial charge in [-0.15, -0.1) is 15.0 Å². The van der Waals surface area contributed by atoms with Gasteiger partial charge in [0, 0.05) is 32.7 Å². The molecule has 0 bridgehead atoms. The molecule has 2 heterocycles. The van der Waals surface area contributed by atoms with Crippen molar-refractivity contribution in [2.45, 2.75) is 6.92 Å². The van der Waals surface area contributed by atoms with E-state index >= 15 is 0 Å². The highest BCUT2D eigenvalue weighted by Crippen LogP contribution is 2.20. The number of piperazine rings is 1. The predicted octanol–water partition coefficient (Wildman–Crippen LogP) is 0.652. The number of aliphatic hydroxyl groups is 1. The molecule has 8 nitrogen and oxygen atoms in total. The van der Waals surface area contributed by atoms with Gasteiger partial charge < -0.3 is 14.7 Å². The minimum Gasteiger partial charge on any atom is -0.494 e. The van der Waals surface area contributed by atoms with Crippen molar-refractivity contribution >= 4 is 5.82 Å². The number of nitrogens with zero attached hydrogens (tertiary/aromatic N) is 6. The summed E-state index contributed by atoms with van der Waals surface area (Å²) in [4.78, 5) is 5.76. The molecule has 0 unspecified atom stereocenters. The van der Waals surface area contributed by atoms with Gasteiger partial charge in [0.1, 0.15) is 11.8 Å². The van der Waals surface area contributed by atoms with Gasteiger partial charge in [0.2, 0.25) is 5.69 Å². The van der Waals surface area contributed by atoms with E-state index in [4.69, 9.17) is 9.84 Å². The third kappa shape index (κ3) is 3.90. The Hall–Kier alpha value is -2.63. The van der Waals surface area contributed by atoms with Crippen molar-refractivity contribution in [3.05, 3.63) is 30.0 Å². The first-order valence-corrected chi connectivity index (χ1v) is 8.44. The minimum atomic E-state index is 0.164. The summed E-state index contributed by atoms with van der Waals surface area (Å²) >= 11 is 0. The summed E-state index contributed by atoms with van der Waals surface area (Å²) in [5, 5.41) is 27.3. The molecule has 1 aliphatic rings. The maximum atomic E-state index is 9.40. The lowest BCUT2D eigenvalue weighted by molar-refractivity contribution is 0.188. The lowest BCUT2D eigenvalue weighted by atomic mass is 10.3. The van der Waals surface area contributed by atoms with Crippen molar-refractivity contribution < 1.29 is 9.84 Å². The first kappa shape index (κ1) is 17.2. The van der Waals surface area contributed by atoms with Gasteiger partial charge in [-0.05, 0) is 31.2 Å². The van der Waals surface area contributed by atoms with Crippen molar-refractivity contribution in [3.63, 3.8) is 0 Å². The molecule has 0 saturated carbocycles. The molecule has 0 atom stereocenters. The lowest BCUT2D eigenvalue weighted by Gasteiger charge is -2.34. The molecule has 0 aliphatic carbocycles. The molecule has 8 heteroatoms. The Balaban J connectivity index is 1.77. The summed E-state index contributed by atoms with van der Waals surface area (Å²) in [5.41, 5.74) is 1.11. The predicted molar refractivity (Wildman–Crippen MR) is 93.0 cm³/mol. The van der Waals surface area contributed by atoms with Crippen LogP contribution in [0.3, 0.4) is 0 Å². The van der Waals surface area contributed by atoms with Crippen LogP contribution < -0.4 is 9.64 Å². The second-order valence-electron chi connectivity index (χ2n) is 5.75. The number of benzene rings is 1. The summed E-state index contributed by atoms with van der Waals surface area (Å²) in [5.74, 6) is 1.40. The number of aliphatic hydroxyl groups excluding tert-OH is 1. The quantitative estimate of drug-likeness (QED) is 0.824. The van der Waals surface area contributed by atoms with Crippen molar-refractivity contribution in [2.75, 3.05) is 50.8 Å². The van der Waals surface area contributed by atoms with Gasteiger partial charge in [0.15, 0.2) is 5.82 Å². The third-order valence-electron chi connectivity index (χ3n) is 4.17. The van der Waals surface area contributed by atoms with E-state index in [0.717, 1.165) is 37.6 Å². The van der Waals surface area contributed by atoms with E-state index in [-0.39, 0.29) is 6.61 Å². The SMILES string of the molecule is CCOc1ccc(-n2nc(C#N)c(N3CCN(CCO)CC3)n2)cc1. The van der Waals surface area contributed by atoms with Crippen molar-refractivity contribution in [2.24, 2.45) is 0 Å². The molecule has 1 aliphatic heterocycles. The number of ether oxygens (including phenoxy) is 1. The molecular weight excluding hydrogens is 320 g/mol. The Labute approximate surface area is 146 Å². The number of hydrogen-bond acceptors (Lipinski definition) is 7. The van der Waals surface area contributed by atoms with Crippen LogP contribution in [0, 0.1) is 11.3 Å². The molecule has 2 aromatic rings. The Kier molecular flexibility index (Phi) is 5.48. The zero-order valence-corrected chi connectivity index (χ0v) is 14.3. The van der Waals surface area contributed by atoms with Crippen LogP contribution in [0.5, 0.6) is 5.75 Å². The van der Waals surface area contributed by atoms with Crippen LogP contribution in [0.1, 0.15) is 12.6 Å². The highest BCUT2D eigenvalue weighted by Gasteiger charge is 2.23. The van der Waals surface area contributed by atoms with Gasteiger partial charge in [-0.1, -0.05) is 0 Å². The van der Waals surface area contributed by atoms with E-state index in [9.17, 15) is 5.26 Å². The first-order chi connectivity index (χ1) is 12.2. The maximum absolute atomic E-state index is 9.40. The number of hydrogen-bond donors (Lipinski definition) is 1. The van der Waals surface area contributed by atoms with E-state index in [0.29, 0.717) is 24.7 Å². The molecular formula is C17H22N6O2. The van der Waals surface area contributed by atoms with Crippen LogP contribution in [0.15, 0.2) is 24.3 Å². The maximum Gasteiger partial charge on any atom is 0.207 e. The Morgan fingerprint density at radius 3 is 2.48 bits per heavy atom. The van der Waals surface area contributed by atoms with Crippen LogP contribution in [-0.2, 0) is 0 Å². The summed E-state index contributed by atoms with van der Waals surface area (Å²) in [6.45, 7) is 6.59. The highest BCUT2D eigenvalue weighted by atomic mass is 16.5. The highest BCUT2D eigenvalue weighted by molar-refractivity contribution is 5.51. The number of β-amino-alcohol motifs (C(OH)–C–C–N with tert-alkyl or cyclic N) is 1. The van der Waals surface area contributed by atoms with Gasteiger partial charge in [-0.2, -0.15) is 5.26 Å². The minimum absolute atomic E-state index is 0.164. The number of anilines is 1. The van der Waals surface area contributed by atoms with Crippen LogP contribution in [0.2, 0.25) is 0 Å². The topological polar surface area (TPSA) is 90.4 Å². The van der Waals surface area contributed by atoms with E-state index < -0.39 is 0 Å². The van der Waals surface area contributed by atoms with E-state index in [1.165, 1.54) is 4.80 Å². The van der Waals surface area contributed by atoms with E-state index in [1.807, 2.05) is 31.2 Å². The van der Waals surface area contributed by atoms with Crippen LogP contribution >= 0.6 is 0 Å². The van der Waals surface area contributed by atoms with E-state index in [2.05, 4.69) is 26.1 Å². The van der Waals surface area contributed by atoms with Crippen molar-refractivity contribution in [1.82, 2.24) is 19.9 Å². The summed E-state index contributed by atoms with van der Waals surface area (Å²) in [7, 11) is 0. The largest absolute Gasteiger partial charge is 0.494 e. The van der Waals surface area contributed by atoms with Gasteiger partial charge in [-0.3, -0.25) is 4.90 Å². The second kappa shape index (κ2) is 7.96. The van der Waals surface area contributed by atoms with Crippen LogP contribution in [0.25, 0.3) is 5.69 Å². The zero-order valence-electron chi connectivity index (χ0n) is 14.3. The summed E-state index contributed by atoms with van der Waals surface area (Å²) < 4.78 is 5.44. The molecule has 1 aromatic carbocycles. The van der Waals surface area contributed by atoms with Crippen molar-refractivity contribution in [1.29, 1.82) is 5.26 Å². The molecule has 132 valence electrons. The fourth-order valence-corrected chi connectivity index (χ4v) is 2.87.